The standard InChI is InChI=1S/C15H24N4O.HI/c1-19-8-4-5-12(11-19)10-17-15(16)18-13-6-3-7-14(9-13)20-2;/h3,6-7,9,12H,4-5,8,10-11H2,1-2H3,(H3,16,17,18);1H. The van der Waals surface area contributed by atoms with E-state index in [1.54, 1.807) is 7.11 Å². The van der Waals surface area contributed by atoms with Crippen molar-refractivity contribution >= 4 is 35.6 Å². The highest BCUT2D eigenvalue weighted by molar-refractivity contribution is 14.0. The first-order valence-corrected chi connectivity index (χ1v) is 7.07. The fourth-order valence-corrected chi connectivity index (χ4v) is 2.54. The van der Waals surface area contributed by atoms with Crippen molar-refractivity contribution in [2.24, 2.45) is 16.6 Å². The number of methoxy groups -OCH3 is 1. The molecule has 1 aromatic rings. The fraction of sp³-hybridized carbons (Fsp3) is 0.533. The quantitative estimate of drug-likeness (QED) is 0.460. The molecule has 3 N–H and O–H groups in total. The lowest BCUT2D eigenvalue weighted by atomic mass is 9.99. The molecule has 6 heteroatoms. The van der Waals surface area contributed by atoms with Crippen LogP contribution in [0.4, 0.5) is 5.69 Å². The predicted octanol–water partition coefficient (Wildman–Crippen LogP) is 2.38. The average molecular weight is 404 g/mol. The van der Waals surface area contributed by atoms with Crippen molar-refractivity contribution in [3.05, 3.63) is 24.3 Å². The number of guanidine groups is 1. The van der Waals surface area contributed by atoms with Crippen molar-refractivity contribution in [1.29, 1.82) is 0 Å². The lowest BCUT2D eigenvalue weighted by molar-refractivity contribution is 0.214. The molecule has 21 heavy (non-hydrogen) atoms. The molecule has 0 aromatic heterocycles. The van der Waals surface area contributed by atoms with Crippen LogP contribution in [0, 0.1) is 5.92 Å². The molecule has 1 heterocycles. The summed E-state index contributed by atoms with van der Waals surface area (Å²) in [5.41, 5.74) is 6.83. The molecule has 1 aliphatic rings. The Balaban J connectivity index is 0.00000220. The van der Waals surface area contributed by atoms with Crippen molar-refractivity contribution in [2.45, 2.75) is 12.8 Å². The summed E-state index contributed by atoms with van der Waals surface area (Å²) in [4.78, 5) is 6.81. The number of hydrogen-bond donors (Lipinski definition) is 2. The minimum atomic E-state index is 0. The van der Waals surface area contributed by atoms with Gasteiger partial charge in [-0.2, -0.15) is 0 Å². The molecule has 0 radical (unpaired) electrons. The molecule has 0 bridgehead atoms. The molecular weight excluding hydrogens is 379 g/mol. The van der Waals surface area contributed by atoms with E-state index >= 15 is 0 Å². The van der Waals surface area contributed by atoms with Crippen molar-refractivity contribution in [3.8, 4) is 5.75 Å². The van der Waals surface area contributed by atoms with Gasteiger partial charge in [0.2, 0.25) is 0 Å². The zero-order chi connectivity index (χ0) is 14.4. The van der Waals surface area contributed by atoms with E-state index in [2.05, 4.69) is 22.3 Å². The number of likely N-dealkylation sites (tertiary alicyclic amines) is 1. The zero-order valence-electron chi connectivity index (χ0n) is 12.7. The summed E-state index contributed by atoms with van der Waals surface area (Å²) in [6.07, 6.45) is 2.49. The first-order chi connectivity index (χ1) is 9.67. The third-order valence-corrected chi connectivity index (χ3v) is 3.58. The number of anilines is 1. The summed E-state index contributed by atoms with van der Waals surface area (Å²) >= 11 is 0. The predicted molar refractivity (Wildman–Crippen MR) is 98.7 cm³/mol. The van der Waals surface area contributed by atoms with Gasteiger partial charge in [-0.3, -0.25) is 4.99 Å². The van der Waals surface area contributed by atoms with E-state index in [0.717, 1.165) is 24.5 Å². The SMILES string of the molecule is COc1cccc(NC(N)=NCC2CCCN(C)C2)c1.I. The van der Waals surface area contributed by atoms with Crippen LogP contribution in [0.3, 0.4) is 0 Å². The lowest BCUT2D eigenvalue weighted by Gasteiger charge is -2.28. The maximum atomic E-state index is 5.93. The maximum absolute atomic E-state index is 5.93. The van der Waals surface area contributed by atoms with Crippen LogP contribution in [0.1, 0.15) is 12.8 Å². The van der Waals surface area contributed by atoms with Crippen molar-refractivity contribution in [3.63, 3.8) is 0 Å². The van der Waals surface area contributed by atoms with Crippen LogP contribution in [-0.4, -0.2) is 44.7 Å². The molecule has 1 saturated heterocycles. The Hall–Kier alpha value is -1.02. The maximum Gasteiger partial charge on any atom is 0.193 e. The van der Waals surface area contributed by atoms with E-state index in [-0.39, 0.29) is 24.0 Å². The Morgan fingerprint density at radius 2 is 2.33 bits per heavy atom. The Labute approximate surface area is 144 Å². The summed E-state index contributed by atoms with van der Waals surface area (Å²) < 4.78 is 5.18. The molecule has 1 aromatic carbocycles. The molecule has 5 nitrogen and oxygen atoms in total. The molecule has 1 unspecified atom stereocenters. The van der Waals surface area contributed by atoms with Gasteiger partial charge in [-0.15, -0.1) is 24.0 Å². The summed E-state index contributed by atoms with van der Waals surface area (Å²) in [5, 5.41) is 3.10. The van der Waals surface area contributed by atoms with Gasteiger partial charge >= 0.3 is 0 Å². The Kier molecular flexibility index (Phi) is 7.81. The average Bonchev–Trinajstić information content (AvgIpc) is 2.45. The third-order valence-electron chi connectivity index (χ3n) is 3.58. The smallest absolute Gasteiger partial charge is 0.193 e. The largest absolute Gasteiger partial charge is 0.497 e. The van der Waals surface area contributed by atoms with Gasteiger partial charge in [0.15, 0.2) is 5.96 Å². The molecule has 1 fully saturated rings. The first-order valence-electron chi connectivity index (χ1n) is 7.07. The number of piperidine rings is 1. The van der Waals surface area contributed by atoms with E-state index in [4.69, 9.17) is 10.5 Å². The van der Waals surface area contributed by atoms with Crippen LogP contribution < -0.4 is 15.8 Å². The van der Waals surface area contributed by atoms with E-state index in [9.17, 15) is 0 Å². The monoisotopic (exact) mass is 404 g/mol. The summed E-state index contributed by atoms with van der Waals surface area (Å²) in [5.74, 6) is 1.88. The second-order valence-corrected chi connectivity index (χ2v) is 5.35. The normalized spacial score (nSPS) is 19.7. The Morgan fingerprint density at radius 3 is 3.05 bits per heavy atom. The van der Waals surface area contributed by atoms with Crippen LogP contribution in [0.25, 0.3) is 0 Å². The zero-order valence-corrected chi connectivity index (χ0v) is 15.0. The Bertz CT molecular complexity index is 467. The molecule has 0 aliphatic carbocycles. The molecule has 2 rings (SSSR count). The number of nitrogens with one attached hydrogen (secondary N) is 1. The van der Waals surface area contributed by atoms with Crippen molar-refractivity contribution < 1.29 is 4.74 Å². The van der Waals surface area contributed by atoms with Crippen LogP contribution in [0.15, 0.2) is 29.3 Å². The number of benzene rings is 1. The van der Waals surface area contributed by atoms with Gasteiger partial charge in [0.1, 0.15) is 5.75 Å². The van der Waals surface area contributed by atoms with Crippen molar-refractivity contribution in [1.82, 2.24) is 4.90 Å². The van der Waals surface area contributed by atoms with E-state index in [0.29, 0.717) is 11.9 Å². The van der Waals surface area contributed by atoms with Gasteiger partial charge in [0, 0.05) is 24.8 Å². The second kappa shape index (κ2) is 9.09. The molecule has 0 saturated carbocycles. The number of nitrogens with two attached hydrogens (primary N) is 1. The topological polar surface area (TPSA) is 62.9 Å². The number of hydrogen-bond acceptors (Lipinski definition) is 3. The first kappa shape index (κ1) is 18.0. The molecule has 1 atom stereocenters. The highest BCUT2D eigenvalue weighted by atomic mass is 127. The van der Waals surface area contributed by atoms with Crippen LogP contribution in [-0.2, 0) is 0 Å². The summed E-state index contributed by atoms with van der Waals surface area (Å²) in [6.45, 7) is 3.08. The summed E-state index contributed by atoms with van der Waals surface area (Å²) in [6, 6.07) is 7.66. The molecule has 0 amide bonds. The second-order valence-electron chi connectivity index (χ2n) is 5.35. The van der Waals surface area contributed by atoms with E-state index in [1.807, 2.05) is 24.3 Å². The van der Waals surface area contributed by atoms with Crippen LogP contribution in [0.2, 0.25) is 0 Å². The van der Waals surface area contributed by atoms with Gasteiger partial charge in [-0.25, -0.2) is 0 Å². The number of rotatable bonds is 4. The number of nitrogens with zero attached hydrogens (tertiary/aromatic N) is 2. The van der Waals surface area contributed by atoms with Crippen molar-refractivity contribution in [2.75, 3.05) is 39.1 Å². The van der Waals surface area contributed by atoms with E-state index in [1.165, 1.54) is 19.4 Å². The third kappa shape index (κ3) is 6.09. The molecule has 118 valence electrons. The van der Waals surface area contributed by atoms with Gasteiger partial charge in [0.05, 0.1) is 7.11 Å². The molecule has 0 spiro atoms. The molecular formula is C15H25IN4O. The number of aliphatic imine (C=N–C) groups is 1. The van der Waals surface area contributed by atoms with Crippen LogP contribution >= 0.6 is 24.0 Å². The molecule has 1 aliphatic heterocycles. The highest BCUT2D eigenvalue weighted by Gasteiger charge is 2.16. The minimum Gasteiger partial charge on any atom is -0.497 e. The van der Waals surface area contributed by atoms with E-state index < -0.39 is 0 Å². The number of ether oxygens (including phenoxy) is 1. The van der Waals surface area contributed by atoms with Crippen LogP contribution in [0.5, 0.6) is 5.75 Å². The lowest BCUT2D eigenvalue weighted by Crippen LogP contribution is -2.34. The minimum absolute atomic E-state index is 0. The highest BCUT2D eigenvalue weighted by Crippen LogP contribution is 2.17. The summed E-state index contributed by atoms with van der Waals surface area (Å²) in [7, 11) is 3.81. The fourth-order valence-electron chi connectivity index (χ4n) is 2.54. The van der Waals surface area contributed by atoms with Gasteiger partial charge in [-0.05, 0) is 44.5 Å². The van der Waals surface area contributed by atoms with Gasteiger partial charge in [0.25, 0.3) is 0 Å². The number of halogens is 1. The van der Waals surface area contributed by atoms with Gasteiger partial charge < -0.3 is 20.7 Å². The van der Waals surface area contributed by atoms with Gasteiger partial charge in [-0.1, -0.05) is 6.07 Å². The Morgan fingerprint density at radius 1 is 1.52 bits per heavy atom.